The molecule has 0 saturated heterocycles. The molecule has 2 rings (SSSR count). The van der Waals surface area contributed by atoms with Crippen LogP contribution >= 0.6 is 11.8 Å². The standard InChI is InChI=1S/C16H16FNO2S/c1-20-14-5-7-15(8-6-14)21-10-9-16(19)18-13-4-2-3-12(17)11-13/h2-8,11H,9-10H2,1H3,(H,18,19). The van der Waals surface area contributed by atoms with Crippen LogP contribution in [0.25, 0.3) is 0 Å². The quantitative estimate of drug-likeness (QED) is 0.821. The summed E-state index contributed by atoms with van der Waals surface area (Å²) in [5.41, 5.74) is 0.481. The summed E-state index contributed by atoms with van der Waals surface area (Å²) in [6.45, 7) is 0. The molecule has 2 aromatic rings. The molecule has 0 spiro atoms. The highest BCUT2D eigenvalue weighted by Gasteiger charge is 2.04. The number of thioether (sulfide) groups is 1. The van der Waals surface area contributed by atoms with Gasteiger partial charge in [0, 0.05) is 22.8 Å². The molecule has 0 fully saturated rings. The van der Waals surface area contributed by atoms with Crippen LogP contribution in [0.5, 0.6) is 5.75 Å². The number of carbonyl (C=O) groups excluding carboxylic acids is 1. The van der Waals surface area contributed by atoms with Gasteiger partial charge in [0.2, 0.25) is 5.91 Å². The van der Waals surface area contributed by atoms with Gasteiger partial charge >= 0.3 is 0 Å². The van der Waals surface area contributed by atoms with Crippen molar-refractivity contribution in [3.8, 4) is 5.75 Å². The molecule has 3 nitrogen and oxygen atoms in total. The van der Waals surface area contributed by atoms with Gasteiger partial charge in [-0.3, -0.25) is 4.79 Å². The minimum absolute atomic E-state index is 0.124. The van der Waals surface area contributed by atoms with Crippen LogP contribution in [-0.4, -0.2) is 18.8 Å². The maximum absolute atomic E-state index is 13.0. The number of benzene rings is 2. The van der Waals surface area contributed by atoms with Crippen LogP contribution in [0.15, 0.2) is 53.4 Å². The zero-order chi connectivity index (χ0) is 15.1. The van der Waals surface area contributed by atoms with E-state index in [9.17, 15) is 9.18 Å². The Kier molecular flexibility index (Phi) is 5.63. The van der Waals surface area contributed by atoms with Crippen LogP contribution in [0.2, 0.25) is 0 Å². The van der Waals surface area contributed by atoms with E-state index in [2.05, 4.69) is 5.32 Å². The first-order valence-electron chi connectivity index (χ1n) is 6.49. The van der Waals surface area contributed by atoms with Gasteiger partial charge in [-0.1, -0.05) is 6.07 Å². The third-order valence-electron chi connectivity index (χ3n) is 2.77. The highest BCUT2D eigenvalue weighted by molar-refractivity contribution is 7.99. The molecule has 0 aromatic heterocycles. The van der Waals surface area contributed by atoms with Gasteiger partial charge in [-0.15, -0.1) is 11.8 Å². The number of amides is 1. The van der Waals surface area contributed by atoms with E-state index in [-0.39, 0.29) is 11.7 Å². The fourth-order valence-corrected chi connectivity index (χ4v) is 2.57. The number of hydrogen-bond acceptors (Lipinski definition) is 3. The van der Waals surface area contributed by atoms with Crippen LogP contribution in [0.4, 0.5) is 10.1 Å². The van der Waals surface area contributed by atoms with Crippen molar-refractivity contribution in [3.63, 3.8) is 0 Å². The molecule has 21 heavy (non-hydrogen) atoms. The van der Waals surface area contributed by atoms with Gasteiger partial charge in [-0.05, 0) is 42.5 Å². The SMILES string of the molecule is COc1ccc(SCCC(=O)Nc2cccc(F)c2)cc1. The van der Waals surface area contributed by atoms with Crippen LogP contribution in [0, 0.1) is 5.82 Å². The van der Waals surface area contributed by atoms with Crippen LogP contribution < -0.4 is 10.1 Å². The Morgan fingerprint density at radius 2 is 2.00 bits per heavy atom. The van der Waals surface area contributed by atoms with Gasteiger partial charge in [0.25, 0.3) is 0 Å². The van der Waals surface area contributed by atoms with E-state index < -0.39 is 0 Å². The maximum Gasteiger partial charge on any atom is 0.225 e. The minimum atomic E-state index is -0.361. The van der Waals surface area contributed by atoms with Gasteiger partial charge in [-0.25, -0.2) is 4.39 Å². The maximum atomic E-state index is 13.0. The summed E-state index contributed by atoms with van der Waals surface area (Å²) in [4.78, 5) is 12.8. The van der Waals surface area contributed by atoms with Crippen molar-refractivity contribution >= 4 is 23.4 Å². The Hall–Kier alpha value is -2.01. The summed E-state index contributed by atoms with van der Waals surface area (Å²) in [5, 5.41) is 2.67. The third-order valence-corrected chi connectivity index (χ3v) is 3.78. The number of carbonyl (C=O) groups is 1. The second-order valence-electron chi connectivity index (χ2n) is 4.33. The molecule has 0 atom stereocenters. The normalized spacial score (nSPS) is 10.2. The molecule has 0 heterocycles. The lowest BCUT2D eigenvalue weighted by molar-refractivity contribution is -0.115. The van der Waals surface area contributed by atoms with Gasteiger partial charge in [-0.2, -0.15) is 0 Å². The number of rotatable bonds is 6. The largest absolute Gasteiger partial charge is 0.497 e. The third kappa shape index (κ3) is 5.11. The van der Waals surface area contributed by atoms with Crippen LogP contribution in [0.1, 0.15) is 6.42 Å². The molecule has 0 bridgehead atoms. The summed E-state index contributed by atoms with van der Waals surface area (Å²) in [7, 11) is 1.62. The number of ether oxygens (including phenoxy) is 1. The van der Waals surface area contributed by atoms with E-state index in [4.69, 9.17) is 4.74 Å². The Morgan fingerprint density at radius 3 is 2.67 bits per heavy atom. The second-order valence-corrected chi connectivity index (χ2v) is 5.50. The number of anilines is 1. The van der Waals surface area contributed by atoms with Gasteiger partial charge < -0.3 is 10.1 Å². The molecular weight excluding hydrogens is 289 g/mol. The molecule has 1 N–H and O–H groups in total. The Bertz CT molecular complexity index is 601. The van der Waals surface area contributed by atoms with Crippen LogP contribution in [-0.2, 0) is 4.79 Å². The fourth-order valence-electron chi connectivity index (χ4n) is 1.72. The molecule has 0 aliphatic rings. The molecule has 0 saturated carbocycles. The predicted octanol–water partition coefficient (Wildman–Crippen LogP) is 3.96. The highest BCUT2D eigenvalue weighted by atomic mass is 32.2. The average Bonchev–Trinajstić information content (AvgIpc) is 2.48. The summed E-state index contributed by atoms with van der Waals surface area (Å²) >= 11 is 1.59. The smallest absolute Gasteiger partial charge is 0.225 e. The molecule has 1 amide bonds. The summed E-state index contributed by atoms with van der Waals surface area (Å²) < 4.78 is 18.1. The molecule has 2 aromatic carbocycles. The summed E-state index contributed by atoms with van der Waals surface area (Å²) in [6.07, 6.45) is 0.368. The van der Waals surface area contributed by atoms with Crippen molar-refractivity contribution in [2.24, 2.45) is 0 Å². The van der Waals surface area contributed by atoms with E-state index in [1.165, 1.54) is 12.1 Å². The van der Waals surface area contributed by atoms with E-state index in [0.29, 0.717) is 17.9 Å². The Labute approximate surface area is 127 Å². The zero-order valence-electron chi connectivity index (χ0n) is 11.6. The summed E-state index contributed by atoms with van der Waals surface area (Å²) in [5.74, 6) is 0.984. The molecular formula is C16H16FNO2S. The van der Waals surface area contributed by atoms with Crippen molar-refractivity contribution < 1.29 is 13.9 Å². The molecule has 0 aliphatic heterocycles. The Morgan fingerprint density at radius 1 is 1.24 bits per heavy atom. The van der Waals surface area contributed by atoms with Crippen molar-refractivity contribution in [2.45, 2.75) is 11.3 Å². The second kappa shape index (κ2) is 7.69. The first-order valence-corrected chi connectivity index (χ1v) is 7.48. The van der Waals surface area contributed by atoms with Gasteiger partial charge in [0.15, 0.2) is 0 Å². The van der Waals surface area contributed by atoms with Crippen molar-refractivity contribution in [1.29, 1.82) is 0 Å². The minimum Gasteiger partial charge on any atom is -0.497 e. The molecule has 5 heteroatoms. The van der Waals surface area contributed by atoms with E-state index >= 15 is 0 Å². The van der Waals surface area contributed by atoms with Crippen LogP contribution in [0.3, 0.4) is 0 Å². The fraction of sp³-hybridized carbons (Fsp3) is 0.188. The molecule has 0 radical (unpaired) electrons. The zero-order valence-corrected chi connectivity index (χ0v) is 12.5. The number of methoxy groups -OCH3 is 1. The average molecular weight is 305 g/mol. The van der Waals surface area contributed by atoms with E-state index in [1.807, 2.05) is 24.3 Å². The Balaban J connectivity index is 1.76. The monoisotopic (exact) mass is 305 g/mol. The lowest BCUT2D eigenvalue weighted by atomic mass is 10.3. The van der Waals surface area contributed by atoms with Gasteiger partial charge in [0.1, 0.15) is 11.6 Å². The number of hydrogen-bond donors (Lipinski definition) is 1. The van der Waals surface area contributed by atoms with Crippen molar-refractivity contribution in [3.05, 3.63) is 54.3 Å². The van der Waals surface area contributed by atoms with Crippen molar-refractivity contribution in [1.82, 2.24) is 0 Å². The lowest BCUT2D eigenvalue weighted by Gasteiger charge is -2.06. The topological polar surface area (TPSA) is 38.3 Å². The number of halogens is 1. The van der Waals surface area contributed by atoms with E-state index in [0.717, 1.165) is 10.6 Å². The molecule has 110 valence electrons. The van der Waals surface area contributed by atoms with E-state index in [1.54, 1.807) is 31.0 Å². The van der Waals surface area contributed by atoms with Crippen molar-refractivity contribution in [2.75, 3.05) is 18.2 Å². The first-order chi connectivity index (χ1) is 10.2. The highest BCUT2D eigenvalue weighted by Crippen LogP contribution is 2.22. The molecule has 0 unspecified atom stereocenters. The first kappa shape index (κ1) is 15.4. The lowest BCUT2D eigenvalue weighted by Crippen LogP contribution is -2.12. The van der Waals surface area contributed by atoms with Gasteiger partial charge in [0.05, 0.1) is 7.11 Å². The number of nitrogens with one attached hydrogen (secondary N) is 1. The summed E-state index contributed by atoms with van der Waals surface area (Å²) in [6, 6.07) is 13.5. The predicted molar refractivity (Wildman–Crippen MR) is 83.4 cm³/mol. The molecule has 0 aliphatic carbocycles.